The summed E-state index contributed by atoms with van der Waals surface area (Å²) < 4.78 is 31.1. The third-order valence-electron chi connectivity index (χ3n) is 1.84. The van der Waals surface area contributed by atoms with E-state index in [1.807, 2.05) is 0 Å². The third kappa shape index (κ3) is 2.86. The average molecular weight is 296 g/mol. The Hall–Kier alpha value is -0.910. The van der Waals surface area contributed by atoms with E-state index in [-0.39, 0.29) is 22.0 Å². The molecule has 0 saturated heterocycles. The van der Waals surface area contributed by atoms with Gasteiger partial charge in [-0.1, -0.05) is 22.9 Å². The van der Waals surface area contributed by atoms with Crippen molar-refractivity contribution in [3.63, 3.8) is 0 Å². The summed E-state index contributed by atoms with van der Waals surface area (Å²) in [7, 11) is 0. The van der Waals surface area contributed by atoms with Crippen molar-refractivity contribution in [2.24, 2.45) is 0 Å². The number of nitrogens with zero attached hydrogens (tertiary/aromatic N) is 1. The minimum absolute atomic E-state index is 0.113. The molecule has 90 valence electrons. The summed E-state index contributed by atoms with van der Waals surface area (Å²) in [5.74, 6) is -1.39. The zero-order chi connectivity index (χ0) is 12.4. The number of hydrogen-bond acceptors (Lipinski definition) is 3. The lowest BCUT2D eigenvalue weighted by molar-refractivity contribution is 0.435. The van der Waals surface area contributed by atoms with Crippen LogP contribution in [0.1, 0.15) is 4.88 Å². The number of hydrogen-bond donors (Lipinski definition) is 0. The van der Waals surface area contributed by atoms with E-state index >= 15 is 0 Å². The van der Waals surface area contributed by atoms with E-state index in [2.05, 4.69) is 4.98 Å². The van der Waals surface area contributed by atoms with Crippen LogP contribution in [0.5, 0.6) is 10.9 Å². The van der Waals surface area contributed by atoms with Gasteiger partial charge in [-0.25, -0.2) is 8.78 Å². The summed E-state index contributed by atoms with van der Waals surface area (Å²) in [6, 6.07) is 3.00. The molecule has 0 amide bonds. The van der Waals surface area contributed by atoms with E-state index in [9.17, 15) is 8.78 Å². The number of ether oxygens (including phenoxy) is 1. The number of alkyl halides is 1. The van der Waals surface area contributed by atoms with Gasteiger partial charge in [-0.3, -0.25) is 0 Å². The zero-order valence-electron chi connectivity index (χ0n) is 8.21. The molecule has 0 aliphatic rings. The second-order valence-corrected chi connectivity index (χ2v) is 4.68. The highest BCUT2D eigenvalue weighted by molar-refractivity contribution is 7.14. The van der Waals surface area contributed by atoms with Crippen molar-refractivity contribution in [1.82, 2.24) is 4.98 Å². The summed E-state index contributed by atoms with van der Waals surface area (Å²) in [6.07, 6.45) is 0. The number of benzene rings is 1. The van der Waals surface area contributed by atoms with Gasteiger partial charge in [0.1, 0.15) is 11.0 Å². The molecule has 1 heterocycles. The summed E-state index contributed by atoms with van der Waals surface area (Å²) in [5.41, 5.74) is 0. The lowest BCUT2D eigenvalue weighted by Crippen LogP contribution is -1.88. The monoisotopic (exact) mass is 295 g/mol. The fraction of sp³-hybridized carbons (Fsp3) is 0.100. The fourth-order valence-corrected chi connectivity index (χ4v) is 2.42. The zero-order valence-corrected chi connectivity index (χ0v) is 10.5. The van der Waals surface area contributed by atoms with E-state index in [1.54, 1.807) is 0 Å². The third-order valence-corrected chi connectivity index (χ3v) is 3.63. The Kier molecular flexibility index (Phi) is 3.81. The average Bonchev–Trinajstić information content (AvgIpc) is 2.63. The first-order valence-corrected chi connectivity index (χ1v) is 6.17. The lowest BCUT2D eigenvalue weighted by atomic mass is 10.3. The molecule has 0 spiro atoms. The largest absolute Gasteiger partial charge is 0.428 e. The van der Waals surface area contributed by atoms with Crippen molar-refractivity contribution in [3.05, 3.63) is 39.9 Å². The van der Waals surface area contributed by atoms with Crippen LogP contribution < -0.4 is 4.74 Å². The molecule has 0 saturated carbocycles. The molecule has 0 atom stereocenters. The second-order valence-electron chi connectivity index (χ2n) is 3.00. The minimum atomic E-state index is -0.802. The van der Waals surface area contributed by atoms with Crippen molar-refractivity contribution in [2.45, 2.75) is 5.88 Å². The molecule has 0 fully saturated rings. The summed E-state index contributed by atoms with van der Waals surface area (Å²) in [6.45, 7) is 0. The molecule has 2 nitrogen and oxygen atoms in total. The maximum atomic E-state index is 13.3. The number of thiazole rings is 1. The Morgan fingerprint density at radius 2 is 2.12 bits per heavy atom. The molecular formula is C10H5Cl2F2NOS. The Labute approximate surface area is 110 Å². The Morgan fingerprint density at radius 1 is 1.35 bits per heavy atom. The van der Waals surface area contributed by atoms with Crippen molar-refractivity contribution >= 4 is 34.5 Å². The molecule has 0 aliphatic carbocycles. The van der Waals surface area contributed by atoms with Crippen LogP contribution in [0.2, 0.25) is 5.15 Å². The van der Waals surface area contributed by atoms with Gasteiger partial charge in [0, 0.05) is 6.07 Å². The van der Waals surface area contributed by atoms with Gasteiger partial charge in [0.2, 0.25) is 0 Å². The first-order valence-electron chi connectivity index (χ1n) is 4.44. The predicted octanol–water partition coefficient (Wildman–Crippen LogP) is 4.61. The SMILES string of the molecule is Fc1ccc(Oc2nc(Cl)c(CCl)s2)c(F)c1. The smallest absolute Gasteiger partial charge is 0.280 e. The van der Waals surface area contributed by atoms with Crippen LogP contribution in [0.15, 0.2) is 18.2 Å². The van der Waals surface area contributed by atoms with Crippen molar-refractivity contribution < 1.29 is 13.5 Å². The summed E-state index contributed by atoms with van der Waals surface area (Å²) in [4.78, 5) is 4.49. The normalized spacial score (nSPS) is 10.6. The Bertz CT molecular complexity index is 547. The summed E-state index contributed by atoms with van der Waals surface area (Å²) in [5, 5.41) is 0.388. The number of rotatable bonds is 3. The van der Waals surface area contributed by atoms with Crippen LogP contribution in [-0.4, -0.2) is 4.98 Å². The van der Waals surface area contributed by atoms with E-state index < -0.39 is 11.6 Å². The maximum absolute atomic E-state index is 13.3. The molecule has 7 heteroatoms. The summed E-state index contributed by atoms with van der Waals surface area (Å²) >= 11 is 12.5. The van der Waals surface area contributed by atoms with Crippen LogP contribution >= 0.6 is 34.5 Å². The first-order chi connectivity index (χ1) is 8.10. The van der Waals surface area contributed by atoms with Crippen LogP contribution in [0.25, 0.3) is 0 Å². The molecule has 0 radical (unpaired) electrons. The number of halogens is 4. The van der Waals surface area contributed by atoms with Gasteiger partial charge in [-0.15, -0.1) is 11.6 Å². The van der Waals surface area contributed by atoms with Gasteiger partial charge >= 0.3 is 0 Å². The van der Waals surface area contributed by atoms with E-state index in [0.29, 0.717) is 4.88 Å². The molecule has 1 aromatic carbocycles. The highest BCUT2D eigenvalue weighted by Crippen LogP contribution is 2.33. The molecule has 0 N–H and O–H groups in total. The first kappa shape index (κ1) is 12.5. The van der Waals surface area contributed by atoms with Gasteiger partial charge in [-0.05, 0) is 12.1 Å². The molecule has 1 aromatic heterocycles. The van der Waals surface area contributed by atoms with Gasteiger partial charge < -0.3 is 4.74 Å². The molecule has 0 bridgehead atoms. The van der Waals surface area contributed by atoms with Crippen LogP contribution in [0.4, 0.5) is 8.78 Å². The molecular weight excluding hydrogens is 291 g/mol. The van der Waals surface area contributed by atoms with E-state index in [4.69, 9.17) is 27.9 Å². The molecule has 2 aromatic rings. The number of aromatic nitrogens is 1. The van der Waals surface area contributed by atoms with Crippen LogP contribution in [-0.2, 0) is 5.88 Å². The lowest BCUT2D eigenvalue weighted by Gasteiger charge is -2.02. The van der Waals surface area contributed by atoms with Gasteiger partial charge in [0.05, 0.1) is 10.8 Å². The molecule has 2 rings (SSSR count). The molecule has 0 unspecified atom stereocenters. The highest BCUT2D eigenvalue weighted by Gasteiger charge is 2.12. The van der Waals surface area contributed by atoms with Crippen molar-refractivity contribution in [3.8, 4) is 10.9 Å². The standard InChI is InChI=1S/C10H5Cl2F2NOS/c11-4-8-9(12)15-10(17-8)16-7-2-1-5(13)3-6(7)14/h1-3H,4H2. The second kappa shape index (κ2) is 5.16. The maximum Gasteiger partial charge on any atom is 0.280 e. The Morgan fingerprint density at radius 3 is 2.71 bits per heavy atom. The Balaban J connectivity index is 2.25. The van der Waals surface area contributed by atoms with Crippen molar-refractivity contribution in [1.29, 1.82) is 0 Å². The van der Waals surface area contributed by atoms with Crippen LogP contribution in [0.3, 0.4) is 0 Å². The van der Waals surface area contributed by atoms with Crippen LogP contribution in [0, 0.1) is 11.6 Å². The topological polar surface area (TPSA) is 22.1 Å². The fourth-order valence-electron chi connectivity index (χ4n) is 1.09. The molecule has 0 aliphatic heterocycles. The highest BCUT2D eigenvalue weighted by atomic mass is 35.5. The van der Waals surface area contributed by atoms with Crippen molar-refractivity contribution in [2.75, 3.05) is 0 Å². The minimum Gasteiger partial charge on any atom is -0.428 e. The van der Waals surface area contributed by atoms with E-state index in [0.717, 1.165) is 23.5 Å². The van der Waals surface area contributed by atoms with Gasteiger partial charge in [0.15, 0.2) is 11.6 Å². The van der Waals surface area contributed by atoms with Gasteiger partial charge in [0.25, 0.3) is 5.19 Å². The van der Waals surface area contributed by atoms with Gasteiger partial charge in [-0.2, -0.15) is 4.98 Å². The predicted molar refractivity (Wildman–Crippen MR) is 63.1 cm³/mol. The quantitative estimate of drug-likeness (QED) is 0.772. The van der Waals surface area contributed by atoms with E-state index in [1.165, 1.54) is 6.07 Å². The molecule has 17 heavy (non-hydrogen) atoms.